The Morgan fingerprint density at radius 2 is 0.414 bits per heavy atom. The van der Waals surface area contributed by atoms with E-state index in [9.17, 15) is 87.4 Å². The van der Waals surface area contributed by atoms with Crippen LogP contribution in [-0.4, -0.2) is 8.42 Å². The highest BCUT2D eigenvalue weighted by atomic mass is 32.2. The zero-order chi connectivity index (χ0) is 63.1. The van der Waals surface area contributed by atoms with Gasteiger partial charge < -0.3 is 18.9 Å². The van der Waals surface area contributed by atoms with E-state index in [0.29, 0.717) is 34.1 Å². The molecule has 0 saturated heterocycles. The van der Waals surface area contributed by atoms with Crippen LogP contribution in [0, 0.1) is 119 Å². The van der Waals surface area contributed by atoms with E-state index < -0.39 is 148 Å². The Morgan fingerprint density at radius 3 is 0.655 bits per heavy atom. The summed E-state index contributed by atoms with van der Waals surface area (Å²) in [7, 11) is -3.86. The third-order valence-electron chi connectivity index (χ3n) is 12.6. The summed E-state index contributed by atoms with van der Waals surface area (Å²) in [5.41, 5.74) is -5.70. The van der Waals surface area contributed by atoms with E-state index in [1.54, 1.807) is 43.3 Å². The Labute approximate surface area is 479 Å². The highest BCUT2D eigenvalue weighted by molar-refractivity contribution is 7.91. The summed E-state index contributed by atoms with van der Waals surface area (Å²) in [4.78, 5) is 0.108. The maximum absolute atomic E-state index is 14.9. The van der Waals surface area contributed by atoms with Crippen LogP contribution in [0.25, 0.3) is 33.4 Å². The van der Waals surface area contributed by atoms with Crippen molar-refractivity contribution >= 4 is 9.84 Å². The lowest BCUT2D eigenvalue weighted by Gasteiger charge is -2.15. The smallest absolute Gasteiger partial charge is 0.206 e. The Bertz CT molecular complexity index is 4300. The summed E-state index contributed by atoms with van der Waals surface area (Å²) in [6.07, 6.45) is 0. The average molecular weight is 1240 g/mol. The monoisotopic (exact) mass is 1240 g/mol. The lowest BCUT2D eigenvalue weighted by molar-refractivity contribution is 0.363. The first-order valence-electron chi connectivity index (χ1n) is 24.5. The summed E-state index contributed by atoms with van der Waals surface area (Å²) in [5, 5.41) is 0. The van der Waals surface area contributed by atoms with Crippen molar-refractivity contribution < 1.29 is 106 Å². The van der Waals surface area contributed by atoms with Crippen LogP contribution in [0.1, 0.15) is 11.1 Å². The van der Waals surface area contributed by atoms with Crippen LogP contribution in [0.2, 0.25) is 0 Å². The molecule has 6 nitrogen and oxygen atoms in total. The quantitative estimate of drug-likeness (QED) is 0.0651. The van der Waals surface area contributed by atoms with Crippen LogP contribution in [0.5, 0.6) is 46.0 Å². The van der Waals surface area contributed by atoms with E-state index in [1.165, 1.54) is 84.9 Å². The van der Waals surface area contributed by atoms with Crippen LogP contribution in [0.3, 0.4) is 0 Å². The molecule has 0 aliphatic rings. The fourth-order valence-corrected chi connectivity index (χ4v) is 9.41. The Morgan fingerprint density at radius 1 is 0.230 bits per heavy atom. The topological polar surface area (TPSA) is 71.1 Å². The molecule has 25 heteroatoms. The first kappa shape index (κ1) is 61.6. The van der Waals surface area contributed by atoms with Crippen LogP contribution < -0.4 is 18.9 Å². The second-order valence-electron chi connectivity index (χ2n) is 18.3. The molecule has 0 radical (unpaired) electrons. The van der Waals surface area contributed by atoms with Gasteiger partial charge in [-0.2, -0.15) is 17.6 Å². The fraction of sp³-hybridized carbons (Fsp3) is 0.0323. The molecule has 10 aromatic carbocycles. The van der Waals surface area contributed by atoms with Crippen molar-refractivity contribution in [1.82, 2.24) is 0 Å². The molecule has 0 unspecified atom stereocenters. The van der Waals surface area contributed by atoms with Gasteiger partial charge in [0.05, 0.1) is 32.0 Å². The zero-order valence-electron chi connectivity index (χ0n) is 43.5. The summed E-state index contributed by atoms with van der Waals surface area (Å²) in [5.74, 6) is -47.1. The van der Waals surface area contributed by atoms with Crippen molar-refractivity contribution in [3.05, 3.63) is 261 Å². The number of sulfone groups is 1. The van der Waals surface area contributed by atoms with Crippen molar-refractivity contribution in [3.8, 4) is 79.4 Å². The molecule has 0 aliphatic heterocycles. The lowest BCUT2D eigenvalue weighted by Crippen LogP contribution is -2.09. The van der Waals surface area contributed by atoms with Gasteiger partial charge in [-0.1, -0.05) is 59.7 Å². The molecule has 0 aliphatic carbocycles. The number of hydrogen-bond acceptors (Lipinski definition) is 6. The number of hydrogen-bond donors (Lipinski definition) is 0. The summed E-state index contributed by atoms with van der Waals surface area (Å²) >= 11 is 0. The zero-order valence-corrected chi connectivity index (χ0v) is 44.3. The average Bonchev–Trinajstić information content (AvgIpc) is 0.812. The lowest BCUT2D eigenvalue weighted by atomic mass is 10.0. The van der Waals surface area contributed by atoms with Gasteiger partial charge >= 0.3 is 0 Å². The minimum atomic E-state index is -3.86. The maximum Gasteiger partial charge on any atom is 0.206 e. The van der Waals surface area contributed by atoms with Gasteiger partial charge in [0, 0.05) is 0 Å². The highest BCUT2D eigenvalue weighted by Gasteiger charge is 2.37. The van der Waals surface area contributed by atoms with Crippen molar-refractivity contribution in [2.75, 3.05) is 0 Å². The van der Waals surface area contributed by atoms with Gasteiger partial charge in [0.25, 0.3) is 0 Å². The van der Waals surface area contributed by atoms with Crippen molar-refractivity contribution in [2.45, 2.75) is 23.6 Å². The van der Waals surface area contributed by atoms with Crippen LogP contribution in [-0.2, 0) is 9.84 Å². The number of rotatable bonds is 13. The third-order valence-corrected chi connectivity index (χ3v) is 14.4. The molecule has 10 rings (SSSR count). The van der Waals surface area contributed by atoms with Crippen molar-refractivity contribution in [3.63, 3.8) is 0 Å². The van der Waals surface area contributed by atoms with E-state index in [0.717, 1.165) is 11.1 Å². The summed E-state index contributed by atoms with van der Waals surface area (Å²) in [6, 6.07) is 36.2. The van der Waals surface area contributed by atoms with Gasteiger partial charge in [0.2, 0.25) is 56.2 Å². The molecule has 0 amide bonds. The Kier molecular flexibility index (Phi) is 17.4. The predicted octanol–water partition coefficient (Wildman–Crippen LogP) is 19.5. The number of benzene rings is 10. The largest absolute Gasteiger partial charge is 0.457 e. The molecule has 87 heavy (non-hydrogen) atoms. The molecule has 0 fully saturated rings. The molecular formula is C62H30F18O6S. The molecule has 0 aromatic heterocycles. The predicted molar refractivity (Wildman–Crippen MR) is 276 cm³/mol. The first-order valence-corrected chi connectivity index (χ1v) is 25.9. The van der Waals surface area contributed by atoms with Gasteiger partial charge in [0.1, 0.15) is 34.5 Å². The molecule has 0 bridgehead atoms. The minimum absolute atomic E-state index is 0.0386. The van der Waals surface area contributed by atoms with Crippen molar-refractivity contribution in [2.24, 2.45) is 0 Å². The van der Waals surface area contributed by atoms with E-state index in [4.69, 9.17) is 18.9 Å². The fourth-order valence-electron chi connectivity index (χ4n) is 8.15. The molecule has 0 saturated carbocycles. The molecular weight excluding hydrogens is 1210 g/mol. The van der Waals surface area contributed by atoms with E-state index in [-0.39, 0.29) is 21.3 Å². The summed E-state index contributed by atoms with van der Waals surface area (Å²) < 4.78 is 302. The minimum Gasteiger partial charge on any atom is -0.457 e. The molecule has 0 atom stereocenters. The first-order chi connectivity index (χ1) is 41.2. The Hall–Kier alpha value is -9.91. The van der Waals surface area contributed by atoms with Crippen molar-refractivity contribution in [1.29, 1.82) is 0 Å². The number of aryl methyl sites for hydroxylation is 2. The standard InChI is InChI=1S/C43H23F9O5S.C19H7F9O/c1-22-2-8-25(9-3-22)55-27-14-18-30(19-15-27)58(53,54)31-20-16-28(17-21-31)56-26-10-4-23(5-11-26)24-6-12-29(13-7-24)57-43-41(51)36(46)33(37(47)42(43)52)32-34(44)38(48)40(50)39(49)35(32)45;1-6-2-4-7(5-3-6)29-19-17(27)12(22)9(13(23)18(19)28)8-10(20)14(24)16(26)15(25)11(8)21/h2-21H,1H3;2-5H,1H3. The SMILES string of the molecule is Cc1ccc(Oc2c(F)c(F)c(-c3c(F)c(F)c(F)c(F)c3F)c(F)c2F)cc1.Cc1ccc(Oc2ccc(S(=O)(=O)c3ccc(Oc4ccc(-c5ccc(Oc6c(F)c(F)c(-c7c(F)c(F)c(F)c(F)c7F)c(F)c6F)cc5)cc4)cc3)cc2)cc1. The molecule has 0 spiro atoms. The van der Waals surface area contributed by atoms with Gasteiger partial charge in [-0.3, -0.25) is 0 Å². The van der Waals surface area contributed by atoms with Crippen LogP contribution in [0.4, 0.5) is 79.0 Å². The van der Waals surface area contributed by atoms with E-state index >= 15 is 0 Å². The van der Waals surface area contributed by atoms with Gasteiger partial charge in [0.15, 0.2) is 69.8 Å². The number of halogens is 18. The maximum atomic E-state index is 14.9. The third kappa shape index (κ3) is 12.1. The van der Waals surface area contributed by atoms with Gasteiger partial charge in [-0.05, 0) is 122 Å². The normalized spacial score (nSPS) is 11.3. The Balaban J connectivity index is 0.000000260. The van der Waals surface area contributed by atoms with Gasteiger partial charge in [-0.15, -0.1) is 0 Å². The molecule has 0 heterocycles. The summed E-state index contributed by atoms with van der Waals surface area (Å²) in [6.45, 7) is 3.62. The van der Waals surface area contributed by atoms with E-state index in [1.807, 2.05) is 31.2 Å². The van der Waals surface area contributed by atoms with E-state index in [2.05, 4.69) is 0 Å². The van der Waals surface area contributed by atoms with Crippen LogP contribution >= 0.6 is 0 Å². The molecule has 446 valence electrons. The molecule has 0 N–H and O–H groups in total. The number of ether oxygens (including phenoxy) is 4. The van der Waals surface area contributed by atoms with Crippen LogP contribution in [0.15, 0.2) is 155 Å². The molecule has 10 aromatic rings. The highest BCUT2D eigenvalue weighted by Crippen LogP contribution is 2.44. The second-order valence-corrected chi connectivity index (χ2v) is 20.3. The second kappa shape index (κ2) is 24.6. The van der Waals surface area contributed by atoms with Gasteiger partial charge in [-0.25, -0.2) is 69.9 Å².